The maximum absolute atomic E-state index is 12.8. The third-order valence-corrected chi connectivity index (χ3v) is 3.48. The van der Waals surface area contributed by atoms with Crippen LogP contribution < -0.4 is 0 Å². The highest BCUT2D eigenvalue weighted by atomic mass is 19.1. The molecule has 2 rings (SSSR count). The minimum Gasteiger partial charge on any atom is -0.465 e. The van der Waals surface area contributed by atoms with Gasteiger partial charge in [0.05, 0.1) is 0 Å². The van der Waals surface area contributed by atoms with Crippen molar-refractivity contribution in [3.8, 4) is 0 Å². The minimum atomic E-state index is -0.857. The number of halogens is 1. The Morgan fingerprint density at radius 1 is 1.22 bits per heavy atom. The Morgan fingerprint density at radius 3 is 2.28 bits per heavy atom. The molecule has 1 saturated heterocycles. The number of hydrogen-bond acceptors (Lipinski definition) is 2. The summed E-state index contributed by atoms with van der Waals surface area (Å²) in [6.45, 7) is 4.54. The lowest BCUT2D eigenvalue weighted by molar-refractivity contribution is 0.0889. The van der Waals surface area contributed by atoms with Crippen LogP contribution >= 0.6 is 0 Å². The number of carboxylic acid groups (broad SMARTS) is 1. The van der Waals surface area contributed by atoms with Gasteiger partial charge >= 0.3 is 6.09 Å². The molecule has 1 atom stereocenters. The average Bonchev–Trinajstić information content (AvgIpc) is 2.39. The summed E-state index contributed by atoms with van der Waals surface area (Å²) in [5, 5.41) is 8.88. The highest BCUT2D eigenvalue weighted by Gasteiger charge is 2.24. The summed E-state index contributed by atoms with van der Waals surface area (Å²) in [5.41, 5.74) is 1.06. The largest absolute Gasteiger partial charge is 0.465 e. The lowest BCUT2D eigenvalue weighted by Crippen LogP contribution is -2.48. The van der Waals surface area contributed by atoms with Crippen molar-refractivity contribution in [1.82, 2.24) is 9.80 Å². The van der Waals surface area contributed by atoms with Gasteiger partial charge in [0.2, 0.25) is 0 Å². The quantitative estimate of drug-likeness (QED) is 0.877. The van der Waals surface area contributed by atoms with Crippen LogP contribution in [0.4, 0.5) is 9.18 Å². The fourth-order valence-corrected chi connectivity index (χ4v) is 2.25. The van der Waals surface area contributed by atoms with Crippen molar-refractivity contribution < 1.29 is 14.3 Å². The topological polar surface area (TPSA) is 43.8 Å². The van der Waals surface area contributed by atoms with E-state index >= 15 is 0 Å². The van der Waals surface area contributed by atoms with E-state index in [1.807, 2.05) is 0 Å². The van der Waals surface area contributed by atoms with Gasteiger partial charge in [-0.1, -0.05) is 12.1 Å². The molecule has 0 unspecified atom stereocenters. The summed E-state index contributed by atoms with van der Waals surface area (Å²) < 4.78 is 12.8. The highest BCUT2D eigenvalue weighted by Crippen LogP contribution is 2.21. The van der Waals surface area contributed by atoms with E-state index in [1.54, 1.807) is 12.1 Å². The first kappa shape index (κ1) is 12.8. The second kappa shape index (κ2) is 5.35. The molecule has 0 spiro atoms. The molecule has 1 aromatic carbocycles. The zero-order valence-corrected chi connectivity index (χ0v) is 10.3. The van der Waals surface area contributed by atoms with Gasteiger partial charge in [0, 0.05) is 32.2 Å². The zero-order chi connectivity index (χ0) is 13.1. The molecule has 18 heavy (non-hydrogen) atoms. The molecular formula is C13H17FN2O2. The van der Waals surface area contributed by atoms with Crippen molar-refractivity contribution in [2.24, 2.45) is 0 Å². The highest BCUT2D eigenvalue weighted by molar-refractivity contribution is 5.65. The summed E-state index contributed by atoms with van der Waals surface area (Å²) in [7, 11) is 0. The standard InChI is InChI=1S/C13H17FN2O2/c1-10(11-2-4-12(14)5-3-11)15-6-8-16(9-7-15)13(17)18/h2-5,10H,6-9H2,1H3,(H,17,18)/t10-/m1/s1. The number of carbonyl (C=O) groups is 1. The van der Waals surface area contributed by atoms with Crippen LogP contribution in [0, 0.1) is 5.82 Å². The van der Waals surface area contributed by atoms with Crippen molar-refractivity contribution in [3.63, 3.8) is 0 Å². The Hall–Kier alpha value is -1.62. The summed E-state index contributed by atoms with van der Waals surface area (Å²) in [6, 6.07) is 6.66. The number of amides is 1. The van der Waals surface area contributed by atoms with E-state index in [2.05, 4.69) is 11.8 Å². The molecule has 0 radical (unpaired) electrons. The van der Waals surface area contributed by atoms with Crippen LogP contribution in [0.25, 0.3) is 0 Å². The number of piperazine rings is 1. The molecule has 5 heteroatoms. The predicted octanol–water partition coefficient (Wildman–Crippen LogP) is 2.18. The van der Waals surface area contributed by atoms with Crippen molar-refractivity contribution in [1.29, 1.82) is 0 Å². The lowest BCUT2D eigenvalue weighted by atomic mass is 10.1. The predicted molar refractivity (Wildman–Crippen MR) is 66.0 cm³/mol. The van der Waals surface area contributed by atoms with Gasteiger partial charge in [-0.05, 0) is 24.6 Å². The molecule has 1 aromatic rings. The van der Waals surface area contributed by atoms with Gasteiger partial charge in [0.15, 0.2) is 0 Å². The van der Waals surface area contributed by atoms with Gasteiger partial charge < -0.3 is 10.0 Å². The summed E-state index contributed by atoms with van der Waals surface area (Å²) in [6.07, 6.45) is -0.857. The van der Waals surface area contributed by atoms with Gasteiger partial charge in [0.1, 0.15) is 5.82 Å². The molecule has 1 aliphatic rings. The van der Waals surface area contributed by atoms with E-state index in [0.29, 0.717) is 26.2 Å². The van der Waals surface area contributed by atoms with Gasteiger partial charge in [-0.2, -0.15) is 0 Å². The number of rotatable bonds is 2. The molecule has 1 amide bonds. The molecule has 1 aliphatic heterocycles. The molecule has 0 bridgehead atoms. The average molecular weight is 252 g/mol. The van der Waals surface area contributed by atoms with Gasteiger partial charge in [-0.3, -0.25) is 4.90 Å². The zero-order valence-electron chi connectivity index (χ0n) is 10.3. The lowest BCUT2D eigenvalue weighted by Gasteiger charge is -2.37. The first-order valence-corrected chi connectivity index (χ1v) is 6.05. The molecule has 0 aromatic heterocycles. The molecule has 1 N–H and O–H groups in total. The number of hydrogen-bond donors (Lipinski definition) is 1. The van der Waals surface area contributed by atoms with E-state index in [-0.39, 0.29) is 11.9 Å². The Balaban J connectivity index is 1.97. The molecule has 0 aliphatic carbocycles. The van der Waals surface area contributed by atoms with E-state index < -0.39 is 6.09 Å². The molecule has 1 fully saturated rings. The van der Waals surface area contributed by atoms with Crippen LogP contribution in [-0.2, 0) is 0 Å². The van der Waals surface area contributed by atoms with Crippen molar-refractivity contribution in [3.05, 3.63) is 35.6 Å². The Morgan fingerprint density at radius 2 is 1.78 bits per heavy atom. The fourth-order valence-electron chi connectivity index (χ4n) is 2.25. The molecule has 4 nitrogen and oxygen atoms in total. The second-order valence-electron chi connectivity index (χ2n) is 4.53. The smallest absolute Gasteiger partial charge is 0.407 e. The Bertz CT molecular complexity index is 414. The molecule has 1 heterocycles. The van der Waals surface area contributed by atoms with Crippen molar-refractivity contribution in [2.45, 2.75) is 13.0 Å². The second-order valence-corrected chi connectivity index (χ2v) is 4.53. The van der Waals surface area contributed by atoms with E-state index in [4.69, 9.17) is 5.11 Å². The van der Waals surface area contributed by atoms with Crippen LogP contribution in [0.3, 0.4) is 0 Å². The van der Waals surface area contributed by atoms with Gasteiger partial charge in [-0.15, -0.1) is 0 Å². The Labute approximate surface area is 106 Å². The third-order valence-electron chi connectivity index (χ3n) is 3.48. The first-order valence-electron chi connectivity index (χ1n) is 6.05. The monoisotopic (exact) mass is 252 g/mol. The third kappa shape index (κ3) is 2.79. The van der Waals surface area contributed by atoms with E-state index in [1.165, 1.54) is 17.0 Å². The van der Waals surface area contributed by atoms with Crippen LogP contribution in [0.5, 0.6) is 0 Å². The van der Waals surface area contributed by atoms with Gasteiger partial charge in [0.25, 0.3) is 0 Å². The molecular weight excluding hydrogens is 235 g/mol. The van der Waals surface area contributed by atoms with E-state index in [9.17, 15) is 9.18 Å². The van der Waals surface area contributed by atoms with Gasteiger partial charge in [-0.25, -0.2) is 9.18 Å². The summed E-state index contributed by atoms with van der Waals surface area (Å²) in [4.78, 5) is 14.4. The van der Waals surface area contributed by atoms with Crippen molar-refractivity contribution >= 4 is 6.09 Å². The van der Waals surface area contributed by atoms with Crippen LogP contribution in [0.1, 0.15) is 18.5 Å². The van der Waals surface area contributed by atoms with Crippen LogP contribution in [0.2, 0.25) is 0 Å². The fraction of sp³-hybridized carbons (Fsp3) is 0.462. The van der Waals surface area contributed by atoms with Crippen LogP contribution in [-0.4, -0.2) is 47.2 Å². The summed E-state index contributed by atoms with van der Waals surface area (Å²) >= 11 is 0. The maximum atomic E-state index is 12.8. The number of nitrogens with zero attached hydrogens (tertiary/aromatic N) is 2. The van der Waals surface area contributed by atoms with Crippen molar-refractivity contribution in [2.75, 3.05) is 26.2 Å². The van der Waals surface area contributed by atoms with Crippen LogP contribution in [0.15, 0.2) is 24.3 Å². The number of benzene rings is 1. The SMILES string of the molecule is C[C@H](c1ccc(F)cc1)N1CCN(C(=O)O)CC1. The first-order chi connectivity index (χ1) is 8.58. The molecule has 0 saturated carbocycles. The molecule has 98 valence electrons. The maximum Gasteiger partial charge on any atom is 0.407 e. The van der Waals surface area contributed by atoms with E-state index in [0.717, 1.165) is 5.56 Å². The summed E-state index contributed by atoms with van der Waals surface area (Å²) in [5.74, 6) is -0.235. The minimum absolute atomic E-state index is 0.182. The Kier molecular flexibility index (Phi) is 3.81. The normalized spacial score (nSPS) is 18.7.